The maximum absolute atomic E-state index is 12.1. The topological polar surface area (TPSA) is 103 Å². The molecule has 1 aromatic rings. The number of nitrogens with one attached hydrogen (secondary N) is 1. The average Bonchev–Trinajstić information content (AvgIpc) is 2.36. The molecule has 0 radical (unpaired) electrons. The predicted molar refractivity (Wildman–Crippen MR) is 76.5 cm³/mol. The molecule has 0 aromatic carbocycles. The van der Waals surface area contributed by atoms with Crippen molar-refractivity contribution < 1.29 is 14.7 Å². The minimum absolute atomic E-state index is 0.106. The summed E-state index contributed by atoms with van der Waals surface area (Å²) >= 11 is 0. The van der Waals surface area contributed by atoms with E-state index in [1.807, 2.05) is 26.8 Å². The first-order chi connectivity index (χ1) is 9.71. The van der Waals surface area contributed by atoms with E-state index >= 15 is 0 Å². The predicted octanol–water partition coefficient (Wildman–Crippen LogP) is 1.96. The van der Waals surface area contributed by atoms with Crippen molar-refractivity contribution in [3.63, 3.8) is 0 Å². The molecule has 1 aromatic heterocycles. The Balaban J connectivity index is 2.79. The van der Waals surface area contributed by atoms with E-state index in [1.165, 1.54) is 18.3 Å². The Kier molecular flexibility index (Phi) is 5.42. The normalized spacial score (nSPS) is 12.3. The number of pyridine rings is 1. The van der Waals surface area contributed by atoms with Gasteiger partial charge in [0.15, 0.2) is 0 Å². The van der Waals surface area contributed by atoms with E-state index < -0.39 is 17.9 Å². The van der Waals surface area contributed by atoms with Crippen LogP contribution in [0.5, 0.6) is 0 Å². The van der Waals surface area contributed by atoms with E-state index in [4.69, 9.17) is 10.4 Å². The van der Waals surface area contributed by atoms with Crippen molar-refractivity contribution in [3.8, 4) is 6.07 Å². The van der Waals surface area contributed by atoms with Crippen LogP contribution in [0.2, 0.25) is 0 Å². The lowest BCUT2D eigenvalue weighted by Crippen LogP contribution is -2.39. The molecule has 1 heterocycles. The summed E-state index contributed by atoms with van der Waals surface area (Å²) in [4.78, 5) is 26.9. The van der Waals surface area contributed by atoms with Gasteiger partial charge < -0.3 is 10.4 Å². The van der Waals surface area contributed by atoms with Gasteiger partial charge in [-0.15, -0.1) is 0 Å². The van der Waals surface area contributed by atoms with Crippen LogP contribution in [0.3, 0.4) is 0 Å². The number of carbonyl (C=O) groups excluding carboxylic acids is 1. The van der Waals surface area contributed by atoms with Crippen molar-refractivity contribution in [1.29, 1.82) is 5.26 Å². The van der Waals surface area contributed by atoms with Gasteiger partial charge in [0.05, 0.1) is 12.0 Å². The molecule has 6 nitrogen and oxygen atoms in total. The first-order valence-corrected chi connectivity index (χ1v) is 6.60. The van der Waals surface area contributed by atoms with Crippen molar-refractivity contribution in [1.82, 2.24) is 10.3 Å². The molecule has 1 unspecified atom stereocenters. The summed E-state index contributed by atoms with van der Waals surface area (Å²) in [7, 11) is 0. The number of hydrogen-bond acceptors (Lipinski definition) is 4. The standard InChI is InChI=1S/C15H19N3O3/c1-15(2,3)7-11(6-13(19)20)18-14(21)12-5-4-10(8-16)9-17-12/h4-5,9,11H,6-7H2,1-3H3,(H,18,21)(H,19,20). The minimum atomic E-state index is -0.961. The van der Waals surface area contributed by atoms with Crippen LogP contribution in [-0.4, -0.2) is 28.0 Å². The fraction of sp³-hybridized carbons (Fsp3) is 0.467. The van der Waals surface area contributed by atoms with Gasteiger partial charge in [0.2, 0.25) is 0 Å². The van der Waals surface area contributed by atoms with Crippen LogP contribution in [0, 0.1) is 16.7 Å². The number of hydrogen-bond donors (Lipinski definition) is 2. The summed E-state index contributed by atoms with van der Waals surface area (Å²) in [5.74, 6) is -1.40. The van der Waals surface area contributed by atoms with E-state index in [-0.39, 0.29) is 17.5 Å². The van der Waals surface area contributed by atoms with Crippen molar-refractivity contribution in [2.45, 2.75) is 39.7 Å². The van der Waals surface area contributed by atoms with E-state index in [1.54, 1.807) is 0 Å². The molecule has 0 saturated carbocycles. The monoisotopic (exact) mass is 289 g/mol. The second-order valence-corrected chi connectivity index (χ2v) is 6.08. The third kappa shape index (κ3) is 6.04. The van der Waals surface area contributed by atoms with Crippen molar-refractivity contribution in [2.24, 2.45) is 5.41 Å². The number of aromatic nitrogens is 1. The number of rotatable bonds is 5. The SMILES string of the molecule is CC(C)(C)CC(CC(=O)O)NC(=O)c1ccc(C#N)cn1. The first kappa shape index (κ1) is 16.6. The number of carbonyl (C=O) groups is 2. The number of carboxylic acid groups (broad SMARTS) is 1. The summed E-state index contributed by atoms with van der Waals surface area (Å²) in [6.45, 7) is 5.94. The van der Waals surface area contributed by atoms with Gasteiger partial charge >= 0.3 is 5.97 Å². The molecule has 1 rings (SSSR count). The van der Waals surface area contributed by atoms with Gasteiger partial charge in [-0.2, -0.15) is 5.26 Å². The highest BCUT2D eigenvalue weighted by Crippen LogP contribution is 2.22. The molecule has 0 aliphatic heterocycles. The van der Waals surface area contributed by atoms with E-state index in [2.05, 4.69) is 10.3 Å². The van der Waals surface area contributed by atoms with Gasteiger partial charge in [-0.1, -0.05) is 20.8 Å². The van der Waals surface area contributed by atoms with Crippen molar-refractivity contribution in [2.75, 3.05) is 0 Å². The molecule has 0 bridgehead atoms. The zero-order valence-corrected chi connectivity index (χ0v) is 12.4. The van der Waals surface area contributed by atoms with Crippen LogP contribution < -0.4 is 5.32 Å². The molecule has 6 heteroatoms. The third-order valence-electron chi connectivity index (χ3n) is 2.74. The maximum Gasteiger partial charge on any atom is 0.305 e. The van der Waals surface area contributed by atoms with E-state index in [0.717, 1.165) is 0 Å². The van der Waals surface area contributed by atoms with Crippen LogP contribution in [0.15, 0.2) is 18.3 Å². The summed E-state index contributed by atoms with van der Waals surface area (Å²) in [6.07, 6.45) is 1.71. The maximum atomic E-state index is 12.1. The second-order valence-electron chi connectivity index (χ2n) is 6.08. The fourth-order valence-electron chi connectivity index (χ4n) is 1.98. The van der Waals surface area contributed by atoms with Crippen LogP contribution in [-0.2, 0) is 4.79 Å². The number of aliphatic carboxylic acids is 1. The third-order valence-corrected chi connectivity index (χ3v) is 2.74. The average molecular weight is 289 g/mol. The summed E-state index contributed by atoms with van der Waals surface area (Å²) in [6, 6.07) is 4.40. The molecule has 0 saturated heterocycles. The molecule has 0 aliphatic carbocycles. The highest BCUT2D eigenvalue weighted by molar-refractivity contribution is 5.92. The highest BCUT2D eigenvalue weighted by Gasteiger charge is 2.23. The minimum Gasteiger partial charge on any atom is -0.481 e. The second kappa shape index (κ2) is 6.84. The molecule has 1 amide bonds. The lowest BCUT2D eigenvalue weighted by Gasteiger charge is -2.25. The molecule has 0 spiro atoms. The molecular formula is C15H19N3O3. The lowest BCUT2D eigenvalue weighted by atomic mass is 9.87. The Labute approximate surface area is 123 Å². The summed E-state index contributed by atoms with van der Waals surface area (Å²) < 4.78 is 0. The Morgan fingerprint density at radius 3 is 2.52 bits per heavy atom. The van der Waals surface area contributed by atoms with E-state index in [9.17, 15) is 9.59 Å². The van der Waals surface area contributed by atoms with Gasteiger partial charge in [0, 0.05) is 12.2 Å². The number of nitriles is 1. The number of amides is 1. The molecule has 1 atom stereocenters. The Hall–Kier alpha value is -2.42. The van der Waals surface area contributed by atoms with Crippen LogP contribution in [0.4, 0.5) is 0 Å². The smallest absolute Gasteiger partial charge is 0.305 e. The quantitative estimate of drug-likeness (QED) is 0.862. The van der Waals surface area contributed by atoms with Crippen LogP contribution >= 0.6 is 0 Å². The Morgan fingerprint density at radius 1 is 1.43 bits per heavy atom. The van der Waals surface area contributed by atoms with Crippen LogP contribution in [0.1, 0.15) is 49.7 Å². The lowest BCUT2D eigenvalue weighted by molar-refractivity contribution is -0.137. The van der Waals surface area contributed by atoms with Crippen LogP contribution in [0.25, 0.3) is 0 Å². The van der Waals surface area contributed by atoms with Gasteiger partial charge in [0.25, 0.3) is 5.91 Å². The Morgan fingerprint density at radius 2 is 2.10 bits per heavy atom. The Bertz CT molecular complexity index is 553. The summed E-state index contributed by atoms with van der Waals surface area (Å²) in [5, 5.41) is 20.3. The van der Waals surface area contributed by atoms with Gasteiger partial charge in [0.1, 0.15) is 11.8 Å². The zero-order chi connectivity index (χ0) is 16.0. The first-order valence-electron chi connectivity index (χ1n) is 6.60. The van der Waals surface area contributed by atoms with Gasteiger partial charge in [-0.25, -0.2) is 4.98 Å². The molecule has 21 heavy (non-hydrogen) atoms. The van der Waals surface area contributed by atoms with Gasteiger partial charge in [-0.3, -0.25) is 9.59 Å². The number of carboxylic acids is 1. The largest absolute Gasteiger partial charge is 0.481 e. The highest BCUT2D eigenvalue weighted by atomic mass is 16.4. The number of nitrogens with zero attached hydrogens (tertiary/aromatic N) is 2. The van der Waals surface area contributed by atoms with Gasteiger partial charge in [-0.05, 0) is 24.0 Å². The fourth-order valence-corrected chi connectivity index (χ4v) is 1.98. The molecular weight excluding hydrogens is 270 g/mol. The van der Waals surface area contributed by atoms with E-state index in [0.29, 0.717) is 12.0 Å². The zero-order valence-electron chi connectivity index (χ0n) is 12.4. The van der Waals surface area contributed by atoms with Crippen molar-refractivity contribution in [3.05, 3.63) is 29.6 Å². The van der Waals surface area contributed by atoms with Crippen molar-refractivity contribution >= 4 is 11.9 Å². The molecule has 0 fully saturated rings. The molecule has 112 valence electrons. The molecule has 0 aliphatic rings. The summed E-state index contributed by atoms with van der Waals surface area (Å²) in [5.41, 5.74) is 0.424. The molecule has 2 N–H and O–H groups in total.